The van der Waals surface area contributed by atoms with Crippen LogP contribution in [0.15, 0.2) is 42.5 Å². The van der Waals surface area contributed by atoms with Crippen molar-refractivity contribution in [1.29, 1.82) is 0 Å². The molecule has 0 aliphatic carbocycles. The van der Waals surface area contributed by atoms with Gasteiger partial charge in [0.2, 0.25) is 5.91 Å². The van der Waals surface area contributed by atoms with Gasteiger partial charge in [0.15, 0.2) is 6.61 Å². The molecule has 0 aliphatic rings. The molecule has 0 radical (unpaired) electrons. The lowest BCUT2D eigenvalue weighted by Gasteiger charge is -2.15. The van der Waals surface area contributed by atoms with Gasteiger partial charge in [-0.3, -0.25) is 4.79 Å². The van der Waals surface area contributed by atoms with Gasteiger partial charge in [-0.05, 0) is 35.7 Å². The van der Waals surface area contributed by atoms with Crippen molar-refractivity contribution >= 4 is 29.2 Å². The van der Waals surface area contributed by atoms with E-state index < -0.39 is 12.6 Å². The van der Waals surface area contributed by atoms with Gasteiger partial charge in [-0.15, -0.1) is 0 Å². The van der Waals surface area contributed by atoms with Crippen molar-refractivity contribution in [2.24, 2.45) is 0 Å². The van der Waals surface area contributed by atoms with Gasteiger partial charge >= 0.3 is 5.97 Å². The summed E-state index contributed by atoms with van der Waals surface area (Å²) in [6.07, 6.45) is 0.273. The number of rotatable bonds is 8. The van der Waals surface area contributed by atoms with Crippen molar-refractivity contribution < 1.29 is 24.2 Å². The van der Waals surface area contributed by atoms with E-state index in [0.717, 1.165) is 11.3 Å². The zero-order valence-corrected chi connectivity index (χ0v) is 15.2. The van der Waals surface area contributed by atoms with E-state index in [4.69, 9.17) is 26.2 Å². The highest BCUT2D eigenvalue weighted by Crippen LogP contribution is 2.30. The van der Waals surface area contributed by atoms with Crippen LogP contribution in [0, 0.1) is 0 Å². The van der Waals surface area contributed by atoms with Gasteiger partial charge in [0.1, 0.15) is 11.5 Å². The first-order chi connectivity index (χ1) is 12.4. The Morgan fingerprint density at radius 3 is 2.58 bits per heavy atom. The number of amides is 1. The van der Waals surface area contributed by atoms with Crippen LogP contribution < -0.4 is 14.8 Å². The fraction of sp³-hybridized carbons (Fsp3) is 0.263. The molecular formula is C19H20ClNO5. The predicted octanol–water partition coefficient (Wildman–Crippen LogP) is 3.94. The summed E-state index contributed by atoms with van der Waals surface area (Å²) in [5.74, 6) is -0.299. The molecule has 6 nitrogen and oxygen atoms in total. The molecule has 0 aromatic heterocycles. The Morgan fingerprint density at radius 2 is 1.92 bits per heavy atom. The molecule has 2 aromatic carbocycles. The van der Waals surface area contributed by atoms with E-state index in [1.807, 2.05) is 31.2 Å². The third-order valence-electron chi connectivity index (χ3n) is 3.73. The standard InChI is InChI=1S/C19H20ClNO5/c1-12(14-5-3-4-6-16(14)25-2)9-18(22)21-13-7-8-17(15(20)10-13)26-11-19(23)24/h3-8,10,12H,9,11H2,1-2H3,(H,21,22)(H,23,24). The molecule has 0 fully saturated rings. The molecule has 138 valence electrons. The first-order valence-corrected chi connectivity index (χ1v) is 8.35. The quantitative estimate of drug-likeness (QED) is 0.727. The minimum absolute atomic E-state index is 0.0280. The van der Waals surface area contributed by atoms with Gasteiger partial charge < -0.3 is 19.9 Å². The molecular weight excluding hydrogens is 358 g/mol. The zero-order chi connectivity index (χ0) is 19.1. The number of aliphatic carboxylic acids is 1. The SMILES string of the molecule is COc1ccccc1C(C)CC(=O)Nc1ccc(OCC(=O)O)c(Cl)c1. The minimum atomic E-state index is -1.09. The molecule has 0 aliphatic heterocycles. The Morgan fingerprint density at radius 1 is 1.19 bits per heavy atom. The Labute approximate surface area is 156 Å². The molecule has 0 bridgehead atoms. The van der Waals surface area contributed by atoms with E-state index in [0.29, 0.717) is 5.69 Å². The highest BCUT2D eigenvalue weighted by atomic mass is 35.5. The molecule has 0 saturated heterocycles. The first-order valence-electron chi connectivity index (χ1n) is 7.97. The summed E-state index contributed by atoms with van der Waals surface area (Å²) < 4.78 is 10.4. The maximum atomic E-state index is 12.3. The summed E-state index contributed by atoms with van der Waals surface area (Å²) in [4.78, 5) is 22.8. The Hall–Kier alpha value is -2.73. The number of anilines is 1. The van der Waals surface area contributed by atoms with Crippen LogP contribution in [-0.2, 0) is 9.59 Å². The molecule has 0 saturated carbocycles. The number of halogens is 1. The normalized spacial score (nSPS) is 11.5. The topological polar surface area (TPSA) is 84.9 Å². The minimum Gasteiger partial charge on any atom is -0.496 e. The molecule has 2 aromatic rings. The second kappa shape index (κ2) is 9.10. The van der Waals surface area contributed by atoms with Gasteiger partial charge in [-0.25, -0.2) is 4.79 Å². The van der Waals surface area contributed by atoms with Gasteiger partial charge in [-0.2, -0.15) is 0 Å². The monoisotopic (exact) mass is 377 g/mol. The van der Waals surface area contributed by atoms with Gasteiger partial charge in [-0.1, -0.05) is 36.7 Å². The number of carboxylic acids is 1. The first kappa shape index (κ1) is 19.6. The van der Waals surface area contributed by atoms with Gasteiger partial charge in [0.05, 0.1) is 12.1 Å². The van der Waals surface area contributed by atoms with E-state index in [2.05, 4.69) is 5.32 Å². The van der Waals surface area contributed by atoms with Crippen LogP contribution in [0.1, 0.15) is 24.8 Å². The Balaban J connectivity index is 1.99. The molecule has 1 amide bonds. The van der Waals surface area contributed by atoms with E-state index in [1.54, 1.807) is 13.2 Å². The van der Waals surface area contributed by atoms with Crippen molar-refractivity contribution in [3.63, 3.8) is 0 Å². The highest BCUT2D eigenvalue weighted by Gasteiger charge is 2.15. The molecule has 0 spiro atoms. The molecule has 7 heteroatoms. The summed E-state index contributed by atoms with van der Waals surface area (Å²) >= 11 is 6.05. The Bertz CT molecular complexity index is 793. The summed E-state index contributed by atoms with van der Waals surface area (Å²) in [5.41, 5.74) is 1.47. The number of para-hydroxylation sites is 1. The van der Waals surface area contributed by atoms with Crippen LogP contribution in [0.25, 0.3) is 0 Å². The fourth-order valence-corrected chi connectivity index (χ4v) is 2.74. The molecule has 1 unspecified atom stereocenters. The lowest BCUT2D eigenvalue weighted by Crippen LogP contribution is -2.15. The number of carbonyl (C=O) groups excluding carboxylic acids is 1. The highest BCUT2D eigenvalue weighted by molar-refractivity contribution is 6.32. The molecule has 26 heavy (non-hydrogen) atoms. The fourth-order valence-electron chi connectivity index (χ4n) is 2.51. The van der Waals surface area contributed by atoms with Crippen molar-refractivity contribution in [2.45, 2.75) is 19.3 Å². The molecule has 1 atom stereocenters. The van der Waals surface area contributed by atoms with E-state index in [9.17, 15) is 9.59 Å². The second-order valence-corrected chi connectivity index (χ2v) is 6.13. The van der Waals surface area contributed by atoms with Crippen LogP contribution in [0.4, 0.5) is 5.69 Å². The summed E-state index contributed by atoms with van der Waals surface area (Å²) in [7, 11) is 1.60. The number of methoxy groups -OCH3 is 1. The van der Waals surface area contributed by atoms with Crippen molar-refractivity contribution in [3.8, 4) is 11.5 Å². The number of carboxylic acid groups (broad SMARTS) is 1. The van der Waals surface area contributed by atoms with Crippen LogP contribution in [0.3, 0.4) is 0 Å². The number of hydrogen-bond donors (Lipinski definition) is 2. The Kier molecular flexibility index (Phi) is 6.86. The third kappa shape index (κ3) is 5.39. The number of nitrogens with one attached hydrogen (secondary N) is 1. The third-order valence-corrected chi connectivity index (χ3v) is 4.02. The number of benzene rings is 2. The van der Waals surface area contributed by atoms with Crippen molar-refractivity contribution in [3.05, 3.63) is 53.1 Å². The van der Waals surface area contributed by atoms with Gasteiger partial charge in [0, 0.05) is 12.1 Å². The van der Waals surface area contributed by atoms with Crippen LogP contribution >= 0.6 is 11.6 Å². The number of ether oxygens (including phenoxy) is 2. The largest absolute Gasteiger partial charge is 0.496 e. The van der Waals surface area contributed by atoms with Gasteiger partial charge in [0.25, 0.3) is 0 Å². The lowest BCUT2D eigenvalue weighted by molar-refractivity contribution is -0.139. The van der Waals surface area contributed by atoms with Crippen LogP contribution in [-0.4, -0.2) is 30.7 Å². The molecule has 0 heterocycles. The van der Waals surface area contributed by atoms with E-state index in [-0.39, 0.29) is 29.0 Å². The van der Waals surface area contributed by atoms with Crippen molar-refractivity contribution in [1.82, 2.24) is 0 Å². The maximum absolute atomic E-state index is 12.3. The maximum Gasteiger partial charge on any atom is 0.341 e. The van der Waals surface area contributed by atoms with Crippen LogP contribution in [0.2, 0.25) is 5.02 Å². The average molecular weight is 378 g/mol. The smallest absolute Gasteiger partial charge is 0.341 e. The number of carbonyl (C=O) groups is 2. The lowest BCUT2D eigenvalue weighted by atomic mass is 9.96. The molecule has 2 rings (SSSR count). The number of hydrogen-bond acceptors (Lipinski definition) is 4. The van der Waals surface area contributed by atoms with Crippen LogP contribution in [0.5, 0.6) is 11.5 Å². The van der Waals surface area contributed by atoms with Crippen molar-refractivity contribution in [2.75, 3.05) is 19.0 Å². The van der Waals surface area contributed by atoms with E-state index >= 15 is 0 Å². The van der Waals surface area contributed by atoms with E-state index in [1.165, 1.54) is 12.1 Å². The predicted molar refractivity (Wildman–Crippen MR) is 99.2 cm³/mol. The second-order valence-electron chi connectivity index (χ2n) is 5.72. The average Bonchev–Trinajstić information content (AvgIpc) is 2.60. The summed E-state index contributed by atoms with van der Waals surface area (Å²) in [6.45, 7) is 1.47. The zero-order valence-electron chi connectivity index (χ0n) is 14.5. The molecule has 2 N–H and O–H groups in total. The summed E-state index contributed by atoms with van der Waals surface area (Å²) in [5, 5.41) is 11.6. The summed E-state index contributed by atoms with van der Waals surface area (Å²) in [6, 6.07) is 12.2.